The standard InChI is InChI=1S/C28H34FN3O6/c1-8-35-26(33)20-14-21-30-16(4)22(25(27(34)36-9-2)38-28(5,6)7)23(32(21)31-20)18-13-19(29)24-17(15(18)3)11-10-12-37-24/h13-14,25H,8-12H2,1-7H3/t25-/m0/s1. The molecule has 38 heavy (non-hydrogen) atoms. The van der Waals surface area contributed by atoms with Gasteiger partial charge in [0, 0.05) is 28.5 Å². The lowest BCUT2D eigenvalue weighted by atomic mass is 9.91. The minimum atomic E-state index is -1.19. The zero-order valence-electron chi connectivity index (χ0n) is 22.9. The number of carbonyl (C=O) groups is 2. The Morgan fingerprint density at radius 1 is 1.16 bits per heavy atom. The number of carbonyl (C=O) groups excluding carboxylic acids is 2. The highest BCUT2D eigenvalue weighted by Gasteiger charge is 2.35. The van der Waals surface area contributed by atoms with Crippen molar-refractivity contribution in [3.05, 3.63) is 46.0 Å². The van der Waals surface area contributed by atoms with Crippen LogP contribution in [0.2, 0.25) is 0 Å². The third-order valence-corrected chi connectivity index (χ3v) is 6.24. The van der Waals surface area contributed by atoms with Gasteiger partial charge in [0.2, 0.25) is 0 Å². The highest BCUT2D eigenvalue weighted by Crippen LogP contribution is 2.41. The summed E-state index contributed by atoms with van der Waals surface area (Å²) in [5.74, 6) is -1.50. The summed E-state index contributed by atoms with van der Waals surface area (Å²) in [5.41, 5.74) is 2.89. The van der Waals surface area contributed by atoms with Gasteiger partial charge in [-0.2, -0.15) is 5.10 Å². The van der Waals surface area contributed by atoms with Crippen molar-refractivity contribution in [2.75, 3.05) is 19.8 Å². The summed E-state index contributed by atoms with van der Waals surface area (Å²) in [6.07, 6.45) is 0.204. The molecule has 2 aromatic heterocycles. The maximum absolute atomic E-state index is 15.4. The third kappa shape index (κ3) is 5.22. The van der Waals surface area contributed by atoms with Crippen molar-refractivity contribution in [2.24, 2.45) is 0 Å². The number of aryl methyl sites for hydroxylation is 1. The van der Waals surface area contributed by atoms with Gasteiger partial charge in [-0.3, -0.25) is 0 Å². The first kappa shape index (κ1) is 27.5. The molecule has 0 saturated heterocycles. The van der Waals surface area contributed by atoms with E-state index in [1.807, 2.05) is 27.7 Å². The van der Waals surface area contributed by atoms with Gasteiger partial charge in [0.15, 0.2) is 29.0 Å². The van der Waals surface area contributed by atoms with Gasteiger partial charge >= 0.3 is 11.9 Å². The minimum Gasteiger partial charge on any atom is -0.490 e. The van der Waals surface area contributed by atoms with Crippen molar-refractivity contribution in [2.45, 2.75) is 73.0 Å². The second kappa shape index (κ2) is 10.7. The molecule has 9 nitrogen and oxygen atoms in total. The summed E-state index contributed by atoms with van der Waals surface area (Å²) in [5, 5.41) is 4.49. The van der Waals surface area contributed by atoms with Crippen molar-refractivity contribution < 1.29 is 32.9 Å². The second-order valence-electron chi connectivity index (χ2n) is 10.1. The lowest BCUT2D eigenvalue weighted by molar-refractivity contribution is -0.166. The predicted octanol–water partition coefficient (Wildman–Crippen LogP) is 5.07. The summed E-state index contributed by atoms with van der Waals surface area (Å²) < 4.78 is 39.3. The molecule has 10 heteroatoms. The number of esters is 2. The molecule has 1 aliphatic heterocycles. The molecule has 0 aliphatic carbocycles. The molecule has 1 aliphatic rings. The van der Waals surface area contributed by atoms with Crippen molar-refractivity contribution >= 4 is 17.6 Å². The van der Waals surface area contributed by atoms with E-state index >= 15 is 4.39 Å². The number of nitrogens with zero attached hydrogens (tertiary/aromatic N) is 3. The van der Waals surface area contributed by atoms with Gasteiger partial charge in [0.05, 0.1) is 31.1 Å². The van der Waals surface area contributed by atoms with Crippen LogP contribution in [-0.2, 0) is 25.4 Å². The number of hydrogen-bond donors (Lipinski definition) is 0. The largest absolute Gasteiger partial charge is 0.490 e. The lowest BCUT2D eigenvalue weighted by Crippen LogP contribution is -2.30. The molecule has 3 heterocycles. The van der Waals surface area contributed by atoms with E-state index in [1.54, 1.807) is 20.8 Å². The van der Waals surface area contributed by atoms with Crippen LogP contribution in [0.25, 0.3) is 16.9 Å². The number of ether oxygens (including phenoxy) is 4. The molecule has 4 rings (SSSR count). The molecule has 0 unspecified atom stereocenters. The number of benzene rings is 1. The topological polar surface area (TPSA) is 101 Å². The van der Waals surface area contributed by atoms with E-state index in [0.717, 1.165) is 17.5 Å². The number of rotatable bonds is 7. The Labute approximate surface area is 221 Å². The normalized spacial score (nSPS) is 14.1. The summed E-state index contributed by atoms with van der Waals surface area (Å²) in [6.45, 7) is 13.3. The molecule has 0 amide bonds. The highest BCUT2D eigenvalue weighted by molar-refractivity contribution is 5.89. The fourth-order valence-electron chi connectivity index (χ4n) is 4.71. The second-order valence-corrected chi connectivity index (χ2v) is 10.1. The Morgan fingerprint density at radius 3 is 2.53 bits per heavy atom. The van der Waals surface area contributed by atoms with Crippen LogP contribution in [0.5, 0.6) is 5.75 Å². The molecule has 0 bridgehead atoms. The van der Waals surface area contributed by atoms with Crippen molar-refractivity contribution in [1.82, 2.24) is 14.6 Å². The van der Waals surface area contributed by atoms with Crippen LogP contribution < -0.4 is 4.74 Å². The molecule has 0 N–H and O–H groups in total. The SMILES string of the molecule is CCOC(=O)c1cc2nc(C)c([C@H](OC(C)(C)C)C(=O)OCC)c(-c3cc(F)c4c(c3C)CCCO4)n2n1. The monoisotopic (exact) mass is 527 g/mol. The highest BCUT2D eigenvalue weighted by atomic mass is 19.1. The Kier molecular flexibility index (Phi) is 7.73. The van der Waals surface area contributed by atoms with E-state index in [2.05, 4.69) is 10.1 Å². The number of hydrogen-bond acceptors (Lipinski definition) is 8. The van der Waals surface area contributed by atoms with Crippen molar-refractivity contribution in [1.29, 1.82) is 0 Å². The molecule has 1 aromatic carbocycles. The minimum absolute atomic E-state index is 0.0426. The molecule has 0 saturated carbocycles. The number of aromatic nitrogens is 3. The lowest BCUT2D eigenvalue weighted by Gasteiger charge is -2.29. The smallest absolute Gasteiger partial charge is 0.358 e. The van der Waals surface area contributed by atoms with Crippen LogP contribution >= 0.6 is 0 Å². The van der Waals surface area contributed by atoms with Gasteiger partial charge in [-0.1, -0.05) is 0 Å². The van der Waals surface area contributed by atoms with E-state index in [-0.39, 0.29) is 24.7 Å². The summed E-state index contributed by atoms with van der Waals surface area (Å²) in [6, 6.07) is 2.89. The van der Waals surface area contributed by atoms with Gasteiger partial charge in [0.1, 0.15) is 0 Å². The first-order valence-corrected chi connectivity index (χ1v) is 12.8. The number of halogens is 1. The fraction of sp³-hybridized carbons (Fsp3) is 0.500. The van der Waals surface area contributed by atoms with Crippen LogP contribution in [-0.4, -0.2) is 52.0 Å². The van der Waals surface area contributed by atoms with Crippen molar-refractivity contribution in [3.63, 3.8) is 0 Å². The maximum atomic E-state index is 15.4. The molecule has 3 aromatic rings. The van der Waals surface area contributed by atoms with Crippen LogP contribution in [0.15, 0.2) is 12.1 Å². The van der Waals surface area contributed by atoms with Crippen LogP contribution in [0.3, 0.4) is 0 Å². The summed E-state index contributed by atoms with van der Waals surface area (Å²) in [7, 11) is 0. The predicted molar refractivity (Wildman–Crippen MR) is 138 cm³/mol. The van der Waals surface area contributed by atoms with Gasteiger partial charge in [-0.05, 0) is 72.9 Å². The van der Waals surface area contributed by atoms with E-state index in [1.165, 1.54) is 16.6 Å². The zero-order chi connectivity index (χ0) is 27.8. The molecule has 204 valence electrons. The fourth-order valence-corrected chi connectivity index (χ4v) is 4.71. The Bertz CT molecular complexity index is 1390. The maximum Gasteiger partial charge on any atom is 0.358 e. The van der Waals surface area contributed by atoms with Gasteiger partial charge in [-0.15, -0.1) is 0 Å². The van der Waals surface area contributed by atoms with Gasteiger partial charge in [0.25, 0.3) is 0 Å². The Morgan fingerprint density at radius 2 is 1.87 bits per heavy atom. The molecule has 0 radical (unpaired) electrons. The Hall–Kier alpha value is -3.53. The van der Waals surface area contributed by atoms with Gasteiger partial charge < -0.3 is 18.9 Å². The first-order valence-electron chi connectivity index (χ1n) is 12.8. The molecular formula is C28H34FN3O6. The molecule has 0 fully saturated rings. The van der Waals surface area contributed by atoms with Crippen LogP contribution in [0, 0.1) is 19.7 Å². The average Bonchev–Trinajstić information content (AvgIpc) is 3.28. The van der Waals surface area contributed by atoms with Gasteiger partial charge in [-0.25, -0.2) is 23.5 Å². The van der Waals surface area contributed by atoms with E-state index in [9.17, 15) is 9.59 Å². The molecule has 1 atom stereocenters. The number of fused-ring (bicyclic) bond motifs is 2. The molecule has 0 spiro atoms. The van der Waals surface area contributed by atoms with E-state index < -0.39 is 29.5 Å². The third-order valence-electron chi connectivity index (χ3n) is 6.24. The average molecular weight is 528 g/mol. The van der Waals surface area contributed by atoms with Crippen LogP contribution in [0.1, 0.15) is 80.0 Å². The quantitative estimate of drug-likeness (QED) is 0.393. The van der Waals surface area contributed by atoms with E-state index in [4.69, 9.17) is 18.9 Å². The molecular weight excluding hydrogens is 493 g/mol. The van der Waals surface area contributed by atoms with Crippen molar-refractivity contribution in [3.8, 4) is 17.0 Å². The zero-order valence-corrected chi connectivity index (χ0v) is 22.9. The van der Waals surface area contributed by atoms with Crippen LogP contribution in [0.4, 0.5) is 4.39 Å². The summed E-state index contributed by atoms with van der Waals surface area (Å²) in [4.78, 5) is 30.5. The van der Waals surface area contributed by atoms with E-state index in [0.29, 0.717) is 41.2 Å². The Balaban J connectivity index is 2.10. The summed E-state index contributed by atoms with van der Waals surface area (Å²) >= 11 is 0. The first-order chi connectivity index (χ1) is 18.0.